The lowest BCUT2D eigenvalue weighted by Crippen LogP contribution is -1.96. The van der Waals surface area contributed by atoms with Crippen LogP contribution in [0.15, 0.2) is 28.7 Å². The van der Waals surface area contributed by atoms with Gasteiger partial charge < -0.3 is 14.9 Å². The van der Waals surface area contributed by atoms with Crippen LogP contribution in [0.4, 0.5) is 5.82 Å². The van der Waals surface area contributed by atoms with Gasteiger partial charge in [-0.05, 0) is 25.1 Å². The number of aryl methyl sites for hydroxylation is 2. The molecule has 0 amide bonds. The zero-order chi connectivity index (χ0) is 13.6. The first kappa shape index (κ1) is 11.6. The molecule has 0 radical (unpaired) electrons. The van der Waals surface area contributed by atoms with E-state index < -0.39 is 0 Å². The third kappa shape index (κ3) is 1.74. The molecular formula is C14H15N3O2. The van der Waals surface area contributed by atoms with E-state index in [1.165, 1.54) is 0 Å². The summed E-state index contributed by atoms with van der Waals surface area (Å²) >= 11 is 0. The SMILES string of the molecule is COc1ccc(-c2cc(N)n(C)n2)c2cc(C)oc12. The Hall–Kier alpha value is -2.43. The van der Waals surface area contributed by atoms with Gasteiger partial charge in [-0.3, -0.25) is 4.68 Å². The fraction of sp³-hybridized carbons (Fsp3) is 0.214. The number of hydrogen-bond acceptors (Lipinski definition) is 4. The number of anilines is 1. The molecule has 3 rings (SSSR count). The summed E-state index contributed by atoms with van der Waals surface area (Å²) in [5, 5.41) is 5.39. The van der Waals surface area contributed by atoms with E-state index in [0.29, 0.717) is 5.82 Å². The molecule has 0 saturated carbocycles. The summed E-state index contributed by atoms with van der Waals surface area (Å²) in [6.07, 6.45) is 0. The Morgan fingerprint density at radius 1 is 1.32 bits per heavy atom. The summed E-state index contributed by atoms with van der Waals surface area (Å²) < 4.78 is 12.7. The molecule has 0 saturated heterocycles. The van der Waals surface area contributed by atoms with Crippen LogP contribution >= 0.6 is 0 Å². The van der Waals surface area contributed by atoms with E-state index in [0.717, 1.165) is 33.7 Å². The van der Waals surface area contributed by atoms with Crippen molar-refractivity contribution in [2.24, 2.45) is 7.05 Å². The normalized spacial score (nSPS) is 11.1. The largest absolute Gasteiger partial charge is 0.493 e. The summed E-state index contributed by atoms with van der Waals surface area (Å²) in [6.45, 7) is 1.91. The summed E-state index contributed by atoms with van der Waals surface area (Å²) in [7, 11) is 3.45. The summed E-state index contributed by atoms with van der Waals surface area (Å²) in [4.78, 5) is 0. The molecule has 0 spiro atoms. The van der Waals surface area contributed by atoms with Crippen molar-refractivity contribution in [2.45, 2.75) is 6.92 Å². The van der Waals surface area contributed by atoms with E-state index in [4.69, 9.17) is 14.9 Å². The minimum atomic E-state index is 0.624. The number of benzene rings is 1. The third-order valence-electron chi connectivity index (χ3n) is 3.18. The fourth-order valence-electron chi connectivity index (χ4n) is 2.22. The maximum Gasteiger partial charge on any atom is 0.176 e. The Morgan fingerprint density at radius 2 is 2.11 bits per heavy atom. The zero-order valence-corrected chi connectivity index (χ0v) is 11.1. The fourth-order valence-corrected chi connectivity index (χ4v) is 2.22. The first-order valence-electron chi connectivity index (χ1n) is 5.97. The lowest BCUT2D eigenvalue weighted by molar-refractivity contribution is 0.409. The molecule has 19 heavy (non-hydrogen) atoms. The Balaban J connectivity index is 2.30. The van der Waals surface area contributed by atoms with E-state index in [1.54, 1.807) is 11.8 Å². The number of furan rings is 1. The van der Waals surface area contributed by atoms with Crippen molar-refractivity contribution in [1.29, 1.82) is 0 Å². The zero-order valence-electron chi connectivity index (χ0n) is 11.1. The predicted octanol–water partition coefficient (Wildman–Crippen LogP) is 2.73. The van der Waals surface area contributed by atoms with Gasteiger partial charge in [-0.25, -0.2) is 0 Å². The predicted molar refractivity (Wildman–Crippen MR) is 74.1 cm³/mol. The van der Waals surface area contributed by atoms with Crippen LogP contribution in [0.5, 0.6) is 5.75 Å². The minimum Gasteiger partial charge on any atom is -0.493 e. The third-order valence-corrected chi connectivity index (χ3v) is 3.18. The molecule has 0 unspecified atom stereocenters. The molecule has 0 aliphatic rings. The lowest BCUT2D eigenvalue weighted by atomic mass is 10.1. The number of ether oxygens (including phenoxy) is 1. The van der Waals surface area contributed by atoms with Gasteiger partial charge in [-0.15, -0.1) is 0 Å². The highest BCUT2D eigenvalue weighted by Crippen LogP contribution is 2.36. The van der Waals surface area contributed by atoms with Gasteiger partial charge in [0.05, 0.1) is 12.8 Å². The van der Waals surface area contributed by atoms with Crippen molar-refractivity contribution in [2.75, 3.05) is 12.8 Å². The van der Waals surface area contributed by atoms with Gasteiger partial charge in [0.25, 0.3) is 0 Å². The maximum atomic E-state index is 5.84. The number of nitrogens with two attached hydrogens (primary N) is 1. The summed E-state index contributed by atoms with van der Waals surface area (Å²) in [5.74, 6) is 2.18. The van der Waals surface area contributed by atoms with Crippen LogP contribution in [0, 0.1) is 6.92 Å². The second kappa shape index (κ2) is 4.05. The molecule has 2 heterocycles. The molecule has 3 aromatic rings. The molecule has 5 heteroatoms. The number of hydrogen-bond donors (Lipinski definition) is 1. The molecule has 1 aromatic carbocycles. The highest BCUT2D eigenvalue weighted by molar-refractivity contribution is 5.97. The van der Waals surface area contributed by atoms with Crippen molar-refractivity contribution in [3.63, 3.8) is 0 Å². The second-order valence-corrected chi connectivity index (χ2v) is 4.49. The van der Waals surface area contributed by atoms with Crippen LogP contribution < -0.4 is 10.5 Å². The van der Waals surface area contributed by atoms with Gasteiger partial charge in [0.2, 0.25) is 0 Å². The van der Waals surface area contributed by atoms with Crippen LogP contribution in [0.2, 0.25) is 0 Å². The molecular weight excluding hydrogens is 242 g/mol. The Bertz CT molecular complexity index is 736. The summed E-state index contributed by atoms with van der Waals surface area (Å²) in [5.41, 5.74) is 8.39. The van der Waals surface area contributed by atoms with E-state index in [-0.39, 0.29) is 0 Å². The van der Waals surface area contributed by atoms with Crippen LogP contribution in [-0.4, -0.2) is 16.9 Å². The molecule has 98 valence electrons. The molecule has 2 N–H and O–H groups in total. The van der Waals surface area contributed by atoms with Crippen molar-refractivity contribution < 1.29 is 9.15 Å². The lowest BCUT2D eigenvalue weighted by Gasteiger charge is -2.03. The highest BCUT2D eigenvalue weighted by atomic mass is 16.5. The number of nitrogen functional groups attached to an aromatic ring is 1. The van der Waals surface area contributed by atoms with Gasteiger partial charge >= 0.3 is 0 Å². The van der Waals surface area contributed by atoms with Gasteiger partial charge in [0, 0.05) is 24.1 Å². The average Bonchev–Trinajstić information content (AvgIpc) is 2.91. The molecule has 0 atom stereocenters. The Kier molecular flexibility index (Phi) is 2.48. The van der Waals surface area contributed by atoms with Gasteiger partial charge in [-0.1, -0.05) is 0 Å². The van der Waals surface area contributed by atoms with Crippen molar-refractivity contribution in [3.05, 3.63) is 30.0 Å². The van der Waals surface area contributed by atoms with Crippen molar-refractivity contribution in [3.8, 4) is 17.0 Å². The second-order valence-electron chi connectivity index (χ2n) is 4.49. The van der Waals surface area contributed by atoms with Crippen LogP contribution in [-0.2, 0) is 7.05 Å². The maximum absolute atomic E-state index is 5.84. The van der Waals surface area contributed by atoms with Gasteiger partial charge in [0.15, 0.2) is 11.3 Å². The minimum absolute atomic E-state index is 0.624. The highest BCUT2D eigenvalue weighted by Gasteiger charge is 2.15. The Labute approximate surface area is 110 Å². The van der Waals surface area contributed by atoms with Crippen molar-refractivity contribution in [1.82, 2.24) is 9.78 Å². The number of fused-ring (bicyclic) bond motifs is 1. The van der Waals surface area contributed by atoms with Gasteiger partial charge in [-0.2, -0.15) is 5.10 Å². The standard InChI is InChI=1S/C14H15N3O2/c1-8-6-10-9(11-7-13(15)17(2)16-11)4-5-12(18-3)14(10)19-8/h4-7H,15H2,1-3H3. The van der Waals surface area contributed by atoms with Crippen LogP contribution in [0.3, 0.4) is 0 Å². The molecule has 2 aromatic heterocycles. The summed E-state index contributed by atoms with van der Waals surface area (Å²) in [6, 6.07) is 7.69. The van der Waals surface area contributed by atoms with Crippen molar-refractivity contribution >= 4 is 16.8 Å². The van der Waals surface area contributed by atoms with E-state index >= 15 is 0 Å². The topological polar surface area (TPSA) is 66.2 Å². The number of methoxy groups -OCH3 is 1. The first-order valence-corrected chi connectivity index (χ1v) is 5.97. The monoisotopic (exact) mass is 257 g/mol. The smallest absolute Gasteiger partial charge is 0.176 e. The van der Waals surface area contributed by atoms with E-state index in [1.807, 2.05) is 38.2 Å². The van der Waals surface area contributed by atoms with Gasteiger partial charge in [0.1, 0.15) is 11.6 Å². The number of nitrogens with zero attached hydrogens (tertiary/aromatic N) is 2. The van der Waals surface area contributed by atoms with E-state index in [9.17, 15) is 0 Å². The van der Waals surface area contributed by atoms with E-state index in [2.05, 4.69) is 5.10 Å². The molecule has 0 aliphatic heterocycles. The van der Waals surface area contributed by atoms with Crippen LogP contribution in [0.1, 0.15) is 5.76 Å². The molecule has 0 bridgehead atoms. The number of rotatable bonds is 2. The molecule has 5 nitrogen and oxygen atoms in total. The number of aromatic nitrogens is 2. The quantitative estimate of drug-likeness (QED) is 0.766. The molecule has 0 fully saturated rings. The Morgan fingerprint density at radius 3 is 2.74 bits per heavy atom. The first-order chi connectivity index (χ1) is 9.10. The molecule has 0 aliphatic carbocycles. The average molecular weight is 257 g/mol. The van der Waals surface area contributed by atoms with Crippen LogP contribution in [0.25, 0.3) is 22.2 Å².